The summed E-state index contributed by atoms with van der Waals surface area (Å²) in [5.74, 6) is 0. The van der Waals surface area contributed by atoms with E-state index in [0.717, 1.165) is 13.0 Å². The molecule has 2 nitrogen and oxygen atoms in total. The van der Waals surface area contributed by atoms with E-state index in [1.54, 1.807) is 0 Å². The number of nitriles is 1. The molecule has 0 aromatic heterocycles. The van der Waals surface area contributed by atoms with Gasteiger partial charge in [-0.05, 0) is 23.7 Å². The number of rotatable bonds is 5. The maximum absolute atomic E-state index is 8.53. The predicted molar refractivity (Wildman–Crippen MR) is 58.8 cm³/mol. The molecule has 0 heterocycles. The number of nitrogens with zero attached hydrogens (tertiary/aromatic N) is 1. The quantitative estimate of drug-likeness (QED) is 0.730. The van der Waals surface area contributed by atoms with E-state index in [1.165, 1.54) is 6.42 Å². The molecule has 1 aliphatic rings. The van der Waals surface area contributed by atoms with Crippen molar-refractivity contribution in [2.45, 2.75) is 53.0 Å². The number of nitrogens with one attached hydrogen (secondary N) is 1. The Balaban J connectivity index is 2.20. The van der Waals surface area contributed by atoms with Crippen LogP contribution in [0.15, 0.2) is 0 Å². The minimum atomic E-state index is 0.258. The minimum absolute atomic E-state index is 0.258. The maximum atomic E-state index is 8.53. The van der Waals surface area contributed by atoms with Crippen molar-refractivity contribution in [1.82, 2.24) is 5.32 Å². The molecule has 2 heteroatoms. The zero-order valence-corrected chi connectivity index (χ0v) is 9.85. The molecule has 1 rings (SSSR count). The fourth-order valence-electron chi connectivity index (χ4n) is 1.70. The average molecular weight is 194 g/mol. The zero-order chi connectivity index (χ0) is 10.8. The third-order valence-electron chi connectivity index (χ3n) is 3.25. The summed E-state index contributed by atoms with van der Waals surface area (Å²) in [6.45, 7) is 10.1. The second-order valence-electron chi connectivity index (χ2n) is 5.95. The molecule has 1 unspecified atom stereocenters. The summed E-state index contributed by atoms with van der Waals surface area (Å²) in [5, 5.41) is 12.1. The van der Waals surface area contributed by atoms with Gasteiger partial charge in [0.2, 0.25) is 0 Å². The maximum Gasteiger partial charge on any atom is 0.0621 e. The van der Waals surface area contributed by atoms with E-state index in [1.807, 2.05) is 0 Å². The first kappa shape index (κ1) is 11.5. The van der Waals surface area contributed by atoms with Crippen LogP contribution in [-0.4, -0.2) is 12.6 Å². The van der Waals surface area contributed by atoms with Gasteiger partial charge in [-0.1, -0.05) is 27.7 Å². The summed E-state index contributed by atoms with van der Waals surface area (Å²) < 4.78 is 0. The van der Waals surface area contributed by atoms with Gasteiger partial charge in [-0.3, -0.25) is 0 Å². The van der Waals surface area contributed by atoms with Crippen LogP contribution < -0.4 is 5.32 Å². The lowest BCUT2D eigenvalue weighted by atomic mass is 9.88. The van der Waals surface area contributed by atoms with Gasteiger partial charge < -0.3 is 5.32 Å². The van der Waals surface area contributed by atoms with Crippen LogP contribution in [0.5, 0.6) is 0 Å². The molecule has 1 fully saturated rings. The van der Waals surface area contributed by atoms with Gasteiger partial charge in [-0.25, -0.2) is 0 Å². The molecule has 0 aliphatic heterocycles. The van der Waals surface area contributed by atoms with Crippen molar-refractivity contribution in [3.05, 3.63) is 0 Å². The van der Waals surface area contributed by atoms with Gasteiger partial charge in [0.05, 0.1) is 6.07 Å². The van der Waals surface area contributed by atoms with Gasteiger partial charge in [-0.2, -0.15) is 5.26 Å². The average Bonchev–Trinajstić information content (AvgIpc) is 2.68. The van der Waals surface area contributed by atoms with Crippen LogP contribution in [0.2, 0.25) is 0 Å². The molecule has 0 aromatic rings. The van der Waals surface area contributed by atoms with E-state index < -0.39 is 0 Å². The smallest absolute Gasteiger partial charge is 0.0621 e. The van der Waals surface area contributed by atoms with Crippen molar-refractivity contribution in [2.75, 3.05) is 6.54 Å². The summed E-state index contributed by atoms with van der Waals surface area (Å²) in [4.78, 5) is 0. The third-order valence-corrected chi connectivity index (χ3v) is 3.25. The van der Waals surface area contributed by atoms with Crippen molar-refractivity contribution in [1.29, 1.82) is 5.26 Å². The van der Waals surface area contributed by atoms with Crippen LogP contribution in [0.1, 0.15) is 47.0 Å². The van der Waals surface area contributed by atoms with E-state index >= 15 is 0 Å². The number of hydrogen-bond donors (Lipinski definition) is 1. The van der Waals surface area contributed by atoms with E-state index in [0.29, 0.717) is 17.9 Å². The summed E-state index contributed by atoms with van der Waals surface area (Å²) in [6, 6.07) is 2.91. The molecule has 1 aliphatic carbocycles. The molecule has 0 bridgehead atoms. The van der Waals surface area contributed by atoms with Crippen LogP contribution >= 0.6 is 0 Å². The second-order valence-corrected chi connectivity index (χ2v) is 5.95. The minimum Gasteiger partial charge on any atom is -0.313 e. The van der Waals surface area contributed by atoms with Gasteiger partial charge in [-0.15, -0.1) is 0 Å². The summed E-state index contributed by atoms with van der Waals surface area (Å²) in [7, 11) is 0. The van der Waals surface area contributed by atoms with E-state index in [4.69, 9.17) is 5.26 Å². The molecule has 1 N–H and O–H groups in total. The standard InChI is InChI=1S/C12H22N2/c1-11(2,6-5-7-13)9-14-10-8-12(10,3)4/h10,14H,5-6,8-9H2,1-4H3. The lowest BCUT2D eigenvalue weighted by Gasteiger charge is -2.24. The van der Waals surface area contributed by atoms with Gasteiger partial charge in [0.25, 0.3) is 0 Å². The molecule has 80 valence electrons. The Bertz CT molecular complexity index is 235. The van der Waals surface area contributed by atoms with Crippen molar-refractivity contribution in [2.24, 2.45) is 10.8 Å². The summed E-state index contributed by atoms with van der Waals surface area (Å²) in [5.41, 5.74) is 0.764. The van der Waals surface area contributed by atoms with Gasteiger partial charge in [0.15, 0.2) is 0 Å². The highest BCUT2D eigenvalue weighted by molar-refractivity contribution is 5.02. The molecule has 0 saturated heterocycles. The zero-order valence-electron chi connectivity index (χ0n) is 9.85. The van der Waals surface area contributed by atoms with Gasteiger partial charge in [0.1, 0.15) is 0 Å². The first-order valence-electron chi connectivity index (χ1n) is 5.48. The molecule has 0 aromatic carbocycles. The Kier molecular flexibility index (Phi) is 3.21. The van der Waals surface area contributed by atoms with Crippen LogP contribution in [-0.2, 0) is 0 Å². The fraction of sp³-hybridized carbons (Fsp3) is 0.917. The Morgan fingerprint density at radius 2 is 2.07 bits per heavy atom. The monoisotopic (exact) mass is 194 g/mol. The largest absolute Gasteiger partial charge is 0.313 e. The van der Waals surface area contributed by atoms with Crippen LogP contribution in [0, 0.1) is 22.2 Å². The third kappa shape index (κ3) is 3.31. The molecular weight excluding hydrogens is 172 g/mol. The molecule has 1 atom stereocenters. The second kappa shape index (κ2) is 3.90. The lowest BCUT2D eigenvalue weighted by molar-refractivity contribution is 0.310. The molecule has 1 saturated carbocycles. The van der Waals surface area contributed by atoms with Crippen LogP contribution in [0.25, 0.3) is 0 Å². The summed E-state index contributed by atoms with van der Waals surface area (Å²) in [6.07, 6.45) is 2.95. The molecule has 14 heavy (non-hydrogen) atoms. The molecule has 0 amide bonds. The fourth-order valence-corrected chi connectivity index (χ4v) is 1.70. The lowest BCUT2D eigenvalue weighted by Crippen LogP contribution is -2.32. The number of hydrogen-bond acceptors (Lipinski definition) is 2. The van der Waals surface area contributed by atoms with Crippen molar-refractivity contribution >= 4 is 0 Å². The van der Waals surface area contributed by atoms with E-state index in [2.05, 4.69) is 39.1 Å². The molecule has 0 spiro atoms. The van der Waals surface area contributed by atoms with Gasteiger partial charge >= 0.3 is 0 Å². The topological polar surface area (TPSA) is 35.8 Å². The molecule has 0 radical (unpaired) electrons. The molecular formula is C12H22N2. The normalized spacial score (nSPS) is 24.4. The Hall–Kier alpha value is -0.550. The van der Waals surface area contributed by atoms with E-state index in [-0.39, 0.29) is 5.41 Å². The predicted octanol–water partition coefficient (Wildman–Crippen LogP) is 2.70. The van der Waals surface area contributed by atoms with Crippen LogP contribution in [0.4, 0.5) is 0 Å². The summed E-state index contributed by atoms with van der Waals surface area (Å²) >= 11 is 0. The first-order chi connectivity index (χ1) is 6.37. The van der Waals surface area contributed by atoms with Crippen molar-refractivity contribution in [3.8, 4) is 6.07 Å². The Morgan fingerprint density at radius 1 is 1.50 bits per heavy atom. The highest BCUT2D eigenvalue weighted by atomic mass is 15.0. The van der Waals surface area contributed by atoms with E-state index in [9.17, 15) is 0 Å². The Morgan fingerprint density at radius 3 is 2.50 bits per heavy atom. The van der Waals surface area contributed by atoms with Gasteiger partial charge in [0, 0.05) is 19.0 Å². The Labute approximate surface area is 87.7 Å². The highest BCUT2D eigenvalue weighted by Crippen LogP contribution is 2.44. The van der Waals surface area contributed by atoms with Crippen LogP contribution in [0.3, 0.4) is 0 Å². The first-order valence-corrected chi connectivity index (χ1v) is 5.48. The van der Waals surface area contributed by atoms with Crippen molar-refractivity contribution < 1.29 is 0 Å². The highest BCUT2D eigenvalue weighted by Gasteiger charge is 2.45. The SMILES string of the molecule is CC(C)(CCC#N)CNC1CC1(C)C. The van der Waals surface area contributed by atoms with Crippen molar-refractivity contribution in [3.63, 3.8) is 0 Å².